The first kappa shape index (κ1) is 16.8. The van der Waals surface area contributed by atoms with E-state index < -0.39 is 12.0 Å². The lowest BCUT2D eigenvalue weighted by Gasteiger charge is -2.34. The van der Waals surface area contributed by atoms with Gasteiger partial charge in [-0.2, -0.15) is 0 Å². The second-order valence-corrected chi connectivity index (χ2v) is 7.17. The third kappa shape index (κ3) is 4.48. The molecular weight excluding hydrogens is 302 g/mol. The van der Waals surface area contributed by atoms with Gasteiger partial charge in [0.1, 0.15) is 0 Å². The minimum atomic E-state index is -0.919. The average Bonchev–Trinajstić information content (AvgIpc) is 2.47. The highest BCUT2D eigenvalue weighted by Crippen LogP contribution is 2.24. The number of benzene rings is 1. The van der Waals surface area contributed by atoms with Gasteiger partial charge in [-0.05, 0) is 24.3 Å². The molecular formula is C16H21NO4S. The van der Waals surface area contributed by atoms with Gasteiger partial charge in [0.2, 0.25) is 0 Å². The number of nitrogens with zero attached hydrogens (tertiary/aromatic N) is 1. The zero-order valence-electron chi connectivity index (χ0n) is 12.8. The molecule has 1 aliphatic rings. The molecule has 2 rings (SSSR count). The quantitative estimate of drug-likeness (QED) is 0.843. The van der Waals surface area contributed by atoms with Gasteiger partial charge < -0.3 is 14.7 Å². The van der Waals surface area contributed by atoms with Crippen LogP contribution in [0, 0.1) is 0 Å². The second-order valence-electron chi connectivity index (χ2n) is 5.52. The Kier molecular flexibility index (Phi) is 5.85. The number of carboxylic acids is 1. The van der Waals surface area contributed by atoms with Crippen LogP contribution in [-0.4, -0.2) is 52.9 Å². The summed E-state index contributed by atoms with van der Waals surface area (Å²) < 4.78 is 5.30. The zero-order chi connectivity index (χ0) is 16.1. The van der Waals surface area contributed by atoms with E-state index in [2.05, 4.69) is 13.8 Å². The number of carboxylic acid groups (broad SMARTS) is 1. The Bertz CT molecular complexity index is 529. The molecule has 1 amide bonds. The summed E-state index contributed by atoms with van der Waals surface area (Å²) >= 11 is 1.74. The lowest BCUT2D eigenvalue weighted by molar-refractivity contribution is -0.139. The topological polar surface area (TPSA) is 66.8 Å². The minimum Gasteiger partial charge on any atom is -0.481 e. The number of morpholine rings is 1. The van der Waals surface area contributed by atoms with E-state index in [0.717, 1.165) is 4.90 Å². The minimum absolute atomic E-state index is 0.0903. The highest BCUT2D eigenvalue weighted by molar-refractivity contribution is 7.99. The summed E-state index contributed by atoms with van der Waals surface area (Å²) in [6.45, 7) is 5.39. The van der Waals surface area contributed by atoms with Crippen LogP contribution in [0.3, 0.4) is 0 Å². The Labute approximate surface area is 134 Å². The van der Waals surface area contributed by atoms with Crippen molar-refractivity contribution in [1.82, 2.24) is 4.90 Å². The molecule has 0 aromatic heterocycles. The number of thioether (sulfide) groups is 1. The number of carbonyl (C=O) groups is 2. The Morgan fingerprint density at radius 3 is 2.64 bits per heavy atom. The molecule has 1 fully saturated rings. The van der Waals surface area contributed by atoms with Gasteiger partial charge in [-0.25, -0.2) is 0 Å². The third-order valence-corrected chi connectivity index (χ3v) is 4.39. The number of amides is 1. The molecule has 1 unspecified atom stereocenters. The zero-order valence-corrected chi connectivity index (χ0v) is 13.6. The average molecular weight is 323 g/mol. The van der Waals surface area contributed by atoms with Crippen LogP contribution in [0.5, 0.6) is 0 Å². The highest BCUT2D eigenvalue weighted by Gasteiger charge is 2.29. The van der Waals surface area contributed by atoms with Crippen molar-refractivity contribution >= 4 is 23.6 Å². The van der Waals surface area contributed by atoms with Crippen molar-refractivity contribution in [3.05, 3.63) is 29.8 Å². The fourth-order valence-electron chi connectivity index (χ4n) is 2.41. The molecule has 1 saturated heterocycles. The van der Waals surface area contributed by atoms with E-state index in [1.807, 2.05) is 12.1 Å². The normalized spacial score (nSPS) is 18.5. The summed E-state index contributed by atoms with van der Waals surface area (Å²) in [5, 5.41) is 9.45. The van der Waals surface area contributed by atoms with Gasteiger partial charge in [-0.1, -0.05) is 13.8 Å². The molecule has 5 nitrogen and oxygen atoms in total. The fraction of sp³-hybridized carbons (Fsp3) is 0.500. The van der Waals surface area contributed by atoms with E-state index >= 15 is 0 Å². The van der Waals surface area contributed by atoms with E-state index in [1.54, 1.807) is 28.8 Å². The Hall–Kier alpha value is -1.53. The number of carbonyl (C=O) groups excluding carboxylic acids is 1. The first-order chi connectivity index (χ1) is 10.5. The number of hydrogen-bond acceptors (Lipinski definition) is 4. The van der Waals surface area contributed by atoms with Crippen molar-refractivity contribution in [2.45, 2.75) is 36.5 Å². The third-order valence-electron chi connectivity index (χ3n) is 3.37. The van der Waals surface area contributed by atoms with Crippen molar-refractivity contribution in [3.63, 3.8) is 0 Å². The van der Waals surface area contributed by atoms with E-state index in [-0.39, 0.29) is 18.9 Å². The summed E-state index contributed by atoms with van der Waals surface area (Å²) in [6, 6.07) is 7.08. The number of ether oxygens (including phenoxy) is 1. The summed E-state index contributed by atoms with van der Waals surface area (Å²) in [7, 11) is 0. The maximum Gasteiger partial charge on any atom is 0.305 e. The molecule has 0 aliphatic carbocycles. The van der Waals surface area contributed by atoms with Crippen LogP contribution in [0.25, 0.3) is 0 Å². The summed E-state index contributed by atoms with van der Waals surface area (Å²) in [5.41, 5.74) is 0.588. The summed E-state index contributed by atoms with van der Waals surface area (Å²) in [5.74, 6) is -1.05. The molecule has 120 valence electrons. The molecule has 0 spiro atoms. The van der Waals surface area contributed by atoms with Crippen LogP contribution >= 0.6 is 11.8 Å². The number of hydrogen-bond donors (Lipinski definition) is 1. The maximum atomic E-state index is 12.6. The van der Waals surface area contributed by atoms with Gasteiger partial charge in [0.15, 0.2) is 0 Å². The molecule has 0 bridgehead atoms. The van der Waals surface area contributed by atoms with E-state index in [4.69, 9.17) is 9.84 Å². The second kappa shape index (κ2) is 7.65. The standard InChI is InChI=1S/C16H21NO4S/c1-11(2)22-14-5-3-12(4-6-14)16(20)17-7-8-21-10-13(17)9-15(18)19/h3-6,11,13H,7-10H2,1-2H3,(H,18,19). The molecule has 0 saturated carbocycles. The van der Waals surface area contributed by atoms with Crippen molar-refractivity contribution in [3.8, 4) is 0 Å². The first-order valence-electron chi connectivity index (χ1n) is 7.34. The summed E-state index contributed by atoms with van der Waals surface area (Å²) in [6.07, 6.45) is -0.0903. The lowest BCUT2D eigenvalue weighted by atomic mass is 10.1. The van der Waals surface area contributed by atoms with Crippen molar-refractivity contribution < 1.29 is 19.4 Å². The van der Waals surface area contributed by atoms with E-state index in [9.17, 15) is 9.59 Å². The van der Waals surface area contributed by atoms with Crippen molar-refractivity contribution in [1.29, 1.82) is 0 Å². The highest BCUT2D eigenvalue weighted by atomic mass is 32.2. The van der Waals surface area contributed by atoms with Gasteiger partial charge >= 0.3 is 5.97 Å². The number of aliphatic carboxylic acids is 1. The Morgan fingerprint density at radius 1 is 1.36 bits per heavy atom. The van der Waals surface area contributed by atoms with Gasteiger partial charge in [0, 0.05) is 22.3 Å². The molecule has 1 heterocycles. The predicted octanol–water partition coefficient (Wildman–Crippen LogP) is 2.50. The van der Waals surface area contributed by atoms with Crippen LogP contribution in [-0.2, 0) is 9.53 Å². The van der Waals surface area contributed by atoms with Crippen LogP contribution < -0.4 is 0 Å². The monoisotopic (exact) mass is 323 g/mol. The summed E-state index contributed by atoms with van der Waals surface area (Å²) in [4.78, 5) is 26.3. The molecule has 1 aromatic carbocycles. The maximum absolute atomic E-state index is 12.6. The largest absolute Gasteiger partial charge is 0.481 e. The first-order valence-corrected chi connectivity index (χ1v) is 8.22. The van der Waals surface area contributed by atoms with Crippen molar-refractivity contribution in [2.75, 3.05) is 19.8 Å². The molecule has 1 atom stereocenters. The van der Waals surface area contributed by atoms with Gasteiger partial charge in [-0.3, -0.25) is 9.59 Å². The van der Waals surface area contributed by atoms with Crippen LogP contribution in [0.2, 0.25) is 0 Å². The number of rotatable bonds is 5. The molecule has 1 N–H and O–H groups in total. The Morgan fingerprint density at radius 2 is 2.05 bits per heavy atom. The van der Waals surface area contributed by atoms with Gasteiger partial charge in [0.05, 0.1) is 25.7 Å². The molecule has 6 heteroatoms. The van der Waals surface area contributed by atoms with Crippen LogP contribution in [0.1, 0.15) is 30.6 Å². The molecule has 0 radical (unpaired) electrons. The van der Waals surface area contributed by atoms with Crippen LogP contribution in [0.4, 0.5) is 0 Å². The van der Waals surface area contributed by atoms with Crippen LogP contribution in [0.15, 0.2) is 29.2 Å². The Balaban J connectivity index is 2.09. The molecule has 22 heavy (non-hydrogen) atoms. The SMILES string of the molecule is CC(C)Sc1ccc(C(=O)N2CCOCC2CC(=O)O)cc1. The van der Waals surface area contributed by atoms with E-state index in [0.29, 0.717) is 24.0 Å². The lowest BCUT2D eigenvalue weighted by Crippen LogP contribution is -2.49. The molecule has 1 aromatic rings. The smallest absolute Gasteiger partial charge is 0.305 e. The molecule has 1 aliphatic heterocycles. The predicted molar refractivity (Wildman–Crippen MR) is 85.3 cm³/mol. The fourth-order valence-corrected chi connectivity index (χ4v) is 3.24. The van der Waals surface area contributed by atoms with Crippen molar-refractivity contribution in [2.24, 2.45) is 0 Å². The van der Waals surface area contributed by atoms with Gasteiger partial charge in [-0.15, -0.1) is 11.8 Å². The van der Waals surface area contributed by atoms with Gasteiger partial charge in [0.25, 0.3) is 5.91 Å². The van der Waals surface area contributed by atoms with E-state index in [1.165, 1.54) is 0 Å².